The number of rotatable bonds is 2. The Bertz CT molecular complexity index is 431. The normalized spacial score (nSPS) is 32.0. The van der Waals surface area contributed by atoms with E-state index in [1.807, 2.05) is 0 Å². The van der Waals surface area contributed by atoms with Gasteiger partial charge in [0.25, 0.3) is 10.2 Å². The molecule has 102 valence electrons. The maximum Gasteiger partial charge on any atom is 0.283 e. The first-order valence-corrected chi connectivity index (χ1v) is 7.82. The van der Waals surface area contributed by atoms with Crippen molar-refractivity contribution in [3.63, 3.8) is 0 Å². The number of piperidine rings is 1. The number of piperazine rings is 1. The second kappa shape index (κ2) is 5.53. The highest BCUT2D eigenvalue weighted by molar-refractivity contribution is 7.86. The van der Waals surface area contributed by atoms with Gasteiger partial charge in [-0.2, -0.15) is 22.3 Å². The first-order valence-electron chi connectivity index (χ1n) is 6.43. The van der Waals surface area contributed by atoms with Gasteiger partial charge in [-0.05, 0) is 18.8 Å². The molecule has 0 aliphatic carbocycles. The van der Waals surface area contributed by atoms with Crippen molar-refractivity contribution in [1.82, 2.24) is 13.9 Å². The van der Waals surface area contributed by atoms with Crippen LogP contribution in [-0.4, -0.2) is 55.8 Å². The van der Waals surface area contributed by atoms with Crippen LogP contribution in [0.2, 0.25) is 0 Å². The molecule has 1 N–H and O–H groups in total. The van der Waals surface area contributed by atoms with Crippen LogP contribution in [0.1, 0.15) is 19.8 Å². The highest BCUT2D eigenvalue weighted by atomic mass is 32.2. The van der Waals surface area contributed by atoms with Gasteiger partial charge < -0.3 is 5.32 Å². The zero-order chi connectivity index (χ0) is 13.2. The highest BCUT2D eigenvalue weighted by Crippen LogP contribution is 2.22. The summed E-state index contributed by atoms with van der Waals surface area (Å²) in [5.74, 6) is 0.400. The number of nitrogens with one attached hydrogen (secondary N) is 1. The Kier molecular flexibility index (Phi) is 4.22. The molecule has 0 radical (unpaired) electrons. The fourth-order valence-electron chi connectivity index (χ4n) is 2.58. The van der Waals surface area contributed by atoms with Crippen molar-refractivity contribution >= 4 is 10.2 Å². The third-order valence-electron chi connectivity index (χ3n) is 3.59. The molecule has 2 unspecified atom stereocenters. The van der Waals surface area contributed by atoms with Gasteiger partial charge in [-0.1, -0.05) is 6.92 Å². The summed E-state index contributed by atoms with van der Waals surface area (Å²) >= 11 is 0. The molecule has 0 saturated carbocycles. The Labute approximate surface area is 109 Å². The molecule has 0 aromatic heterocycles. The quantitative estimate of drug-likeness (QED) is 0.753. The lowest BCUT2D eigenvalue weighted by Gasteiger charge is -2.38. The molecule has 2 heterocycles. The Morgan fingerprint density at radius 2 is 2.17 bits per heavy atom. The molecule has 2 fully saturated rings. The van der Waals surface area contributed by atoms with E-state index >= 15 is 0 Å². The monoisotopic (exact) mass is 272 g/mol. The molecule has 2 rings (SSSR count). The molecule has 2 aliphatic rings. The van der Waals surface area contributed by atoms with Gasteiger partial charge in [-0.25, -0.2) is 0 Å². The van der Waals surface area contributed by atoms with Gasteiger partial charge in [-0.15, -0.1) is 0 Å². The third kappa shape index (κ3) is 2.67. The Morgan fingerprint density at radius 3 is 2.83 bits per heavy atom. The summed E-state index contributed by atoms with van der Waals surface area (Å²) < 4.78 is 27.9. The lowest BCUT2D eigenvalue weighted by atomic mass is 10.0. The van der Waals surface area contributed by atoms with Gasteiger partial charge in [-0.3, -0.25) is 0 Å². The number of nitriles is 1. The standard InChI is InChI=1S/C11H20N4O2S/c1-10-3-2-5-14(9-10)18(16,17)15-6-4-13-8-11(15)7-12/h10-11,13H,2-6,8-9H2,1H3. The number of hydrogen-bond donors (Lipinski definition) is 1. The van der Waals surface area contributed by atoms with Crippen molar-refractivity contribution < 1.29 is 8.42 Å². The van der Waals surface area contributed by atoms with Crippen LogP contribution in [0.4, 0.5) is 0 Å². The van der Waals surface area contributed by atoms with Crippen molar-refractivity contribution in [2.45, 2.75) is 25.8 Å². The van der Waals surface area contributed by atoms with Crippen LogP contribution in [0.15, 0.2) is 0 Å². The van der Waals surface area contributed by atoms with Crippen molar-refractivity contribution in [1.29, 1.82) is 5.26 Å². The van der Waals surface area contributed by atoms with Gasteiger partial charge >= 0.3 is 0 Å². The SMILES string of the molecule is CC1CCCN(S(=O)(=O)N2CCNCC2C#N)C1. The maximum atomic E-state index is 12.5. The van der Waals surface area contributed by atoms with Crippen LogP contribution in [0.5, 0.6) is 0 Å². The molecular weight excluding hydrogens is 252 g/mol. The fraction of sp³-hybridized carbons (Fsp3) is 0.909. The van der Waals surface area contributed by atoms with Crippen molar-refractivity contribution in [3.8, 4) is 6.07 Å². The molecule has 0 aromatic rings. The fourth-order valence-corrected chi connectivity index (χ4v) is 4.44. The van der Waals surface area contributed by atoms with E-state index in [2.05, 4.69) is 18.3 Å². The van der Waals surface area contributed by atoms with E-state index in [9.17, 15) is 8.42 Å². The van der Waals surface area contributed by atoms with Crippen LogP contribution in [0.3, 0.4) is 0 Å². The largest absolute Gasteiger partial charge is 0.313 e. The third-order valence-corrected chi connectivity index (χ3v) is 5.60. The van der Waals surface area contributed by atoms with Gasteiger partial charge in [0.1, 0.15) is 6.04 Å². The predicted molar refractivity (Wildman–Crippen MR) is 67.9 cm³/mol. The lowest BCUT2D eigenvalue weighted by Crippen LogP contribution is -2.57. The summed E-state index contributed by atoms with van der Waals surface area (Å²) in [6.45, 7) is 4.63. The summed E-state index contributed by atoms with van der Waals surface area (Å²) in [6.07, 6.45) is 1.99. The molecule has 2 saturated heterocycles. The molecule has 2 aliphatic heterocycles. The molecule has 0 aromatic carbocycles. The predicted octanol–water partition coefficient (Wildman–Crippen LogP) is -0.240. The van der Waals surface area contributed by atoms with Crippen molar-refractivity contribution in [2.24, 2.45) is 5.92 Å². The van der Waals surface area contributed by atoms with E-state index in [1.54, 1.807) is 0 Å². The maximum absolute atomic E-state index is 12.5. The average molecular weight is 272 g/mol. The zero-order valence-corrected chi connectivity index (χ0v) is 11.5. The molecule has 0 amide bonds. The highest BCUT2D eigenvalue weighted by Gasteiger charge is 2.37. The summed E-state index contributed by atoms with van der Waals surface area (Å²) in [5, 5.41) is 12.1. The first-order chi connectivity index (χ1) is 8.55. The van der Waals surface area contributed by atoms with Gasteiger partial charge in [0, 0.05) is 32.7 Å². The lowest BCUT2D eigenvalue weighted by molar-refractivity contribution is 0.237. The number of hydrogen-bond acceptors (Lipinski definition) is 4. The Balaban J connectivity index is 2.16. The molecule has 6 nitrogen and oxygen atoms in total. The average Bonchev–Trinajstić information content (AvgIpc) is 2.38. The summed E-state index contributed by atoms with van der Waals surface area (Å²) in [4.78, 5) is 0. The minimum Gasteiger partial charge on any atom is -0.313 e. The molecule has 2 atom stereocenters. The topological polar surface area (TPSA) is 76.4 Å². The number of nitrogens with zero attached hydrogens (tertiary/aromatic N) is 3. The van der Waals surface area contributed by atoms with E-state index in [4.69, 9.17) is 5.26 Å². The van der Waals surface area contributed by atoms with Crippen molar-refractivity contribution in [2.75, 3.05) is 32.7 Å². The van der Waals surface area contributed by atoms with Gasteiger partial charge in [0.2, 0.25) is 0 Å². The summed E-state index contributed by atoms with van der Waals surface area (Å²) in [6, 6.07) is 1.49. The smallest absolute Gasteiger partial charge is 0.283 e. The summed E-state index contributed by atoms with van der Waals surface area (Å²) in [7, 11) is -3.48. The van der Waals surface area contributed by atoms with E-state index < -0.39 is 16.3 Å². The first kappa shape index (κ1) is 13.7. The van der Waals surface area contributed by atoms with Gasteiger partial charge in [0.15, 0.2) is 0 Å². The second-order valence-corrected chi connectivity index (χ2v) is 6.95. The molecule has 7 heteroatoms. The van der Waals surface area contributed by atoms with Crippen LogP contribution in [0, 0.1) is 17.2 Å². The van der Waals surface area contributed by atoms with E-state index in [-0.39, 0.29) is 0 Å². The Hall–Kier alpha value is -0.680. The van der Waals surface area contributed by atoms with E-state index in [1.165, 1.54) is 8.61 Å². The van der Waals surface area contributed by atoms with Crippen LogP contribution in [0.25, 0.3) is 0 Å². The van der Waals surface area contributed by atoms with E-state index in [0.717, 1.165) is 12.8 Å². The Morgan fingerprint density at radius 1 is 1.39 bits per heavy atom. The molecule has 0 bridgehead atoms. The minimum absolute atomic E-state index is 0.380. The van der Waals surface area contributed by atoms with E-state index in [0.29, 0.717) is 38.6 Å². The molecule has 18 heavy (non-hydrogen) atoms. The minimum atomic E-state index is -3.48. The van der Waals surface area contributed by atoms with Crippen LogP contribution in [-0.2, 0) is 10.2 Å². The summed E-state index contributed by atoms with van der Waals surface area (Å²) in [5.41, 5.74) is 0. The second-order valence-electron chi connectivity index (χ2n) is 5.07. The molecule has 0 spiro atoms. The van der Waals surface area contributed by atoms with Crippen LogP contribution < -0.4 is 5.32 Å². The van der Waals surface area contributed by atoms with Crippen LogP contribution >= 0.6 is 0 Å². The molecular formula is C11H20N4O2S. The zero-order valence-electron chi connectivity index (χ0n) is 10.7. The van der Waals surface area contributed by atoms with Crippen molar-refractivity contribution in [3.05, 3.63) is 0 Å². The van der Waals surface area contributed by atoms with Gasteiger partial charge in [0.05, 0.1) is 6.07 Å².